The van der Waals surface area contributed by atoms with E-state index in [2.05, 4.69) is 24.2 Å². The van der Waals surface area contributed by atoms with Gasteiger partial charge in [0, 0.05) is 18.7 Å². The maximum absolute atomic E-state index is 5.21. The maximum atomic E-state index is 5.21. The molecule has 0 rings (SSSR count). The molecule has 1 unspecified atom stereocenters. The Morgan fingerprint density at radius 3 is 2.81 bits per heavy atom. The molecule has 0 radical (unpaired) electrons. The molecule has 0 bridgehead atoms. The van der Waals surface area contributed by atoms with E-state index < -0.39 is 0 Å². The van der Waals surface area contributed by atoms with Crippen LogP contribution in [0.4, 0.5) is 0 Å². The van der Waals surface area contributed by atoms with Crippen LogP contribution in [0.15, 0.2) is 17.3 Å². The highest BCUT2D eigenvalue weighted by atomic mass is 15.0. The summed E-state index contributed by atoms with van der Waals surface area (Å²) in [5.74, 6) is 0. The highest BCUT2D eigenvalue weighted by Gasteiger charge is 1.98. The van der Waals surface area contributed by atoms with Gasteiger partial charge in [0.05, 0.1) is 6.67 Å². The van der Waals surface area contributed by atoms with Crippen LogP contribution in [-0.2, 0) is 0 Å². The van der Waals surface area contributed by atoms with Crippen LogP contribution < -0.4 is 11.1 Å². The van der Waals surface area contributed by atoms with Gasteiger partial charge < -0.3 is 5.73 Å². The molecular formula is C13H27N3. The number of nitrogens with one attached hydrogen (secondary N) is 1. The Kier molecular flexibility index (Phi) is 11.6. The number of allylic oxidation sites excluding steroid dienone is 1. The Hall–Kier alpha value is -0.830. The van der Waals surface area contributed by atoms with Crippen molar-refractivity contribution in [1.82, 2.24) is 5.32 Å². The van der Waals surface area contributed by atoms with E-state index >= 15 is 0 Å². The van der Waals surface area contributed by atoms with Gasteiger partial charge in [0.1, 0.15) is 0 Å². The van der Waals surface area contributed by atoms with Gasteiger partial charge in [-0.25, -0.2) is 0 Å². The molecule has 0 aliphatic heterocycles. The van der Waals surface area contributed by atoms with Gasteiger partial charge in [-0.3, -0.25) is 10.3 Å². The van der Waals surface area contributed by atoms with Crippen molar-refractivity contribution < 1.29 is 0 Å². The lowest BCUT2D eigenvalue weighted by atomic mass is 10.1. The van der Waals surface area contributed by atoms with E-state index in [1.54, 1.807) is 6.20 Å². The van der Waals surface area contributed by atoms with Crippen LogP contribution in [0.2, 0.25) is 0 Å². The highest BCUT2D eigenvalue weighted by molar-refractivity contribution is 5.59. The summed E-state index contributed by atoms with van der Waals surface area (Å²) >= 11 is 0. The molecule has 3 N–H and O–H groups in total. The average Bonchev–Trinajstić information content (AvgIpc) is 2.29. The van der Waals surface area contributed by atoms with E-state index in [-0.39, 0.29) is 0 Å². The van der Waals surface area contributed by atoms with E-state index in [9.17, 15) is 0 Å². The second-order valence-electron chi connectivity index (χ2n) is 4.14. The molecular weight excluding hydrogens is 198 g/mol. The first-order valence-corrected chi connectivity index (χ1v) is 6.39. The smallest absolute Gasteiger partial charge is 0.0882 e. The molecule has 3 nitrogen and oxygen atoms in total. The molecule has 0 amide bonds. The van der Waals surface area contributed by atoms with Crippen LogP contribution >= 0.6 is 0 Å². The van der Waals surface area contributed by atoms with Crippen LogP contribution in [0, 0.1) is 0 Å². The number of nitrogens with two attached hydrogens (primary N) is 1. The first kappa shape index (κ1) is 15.2. The van der Waals surface area contributed by atoms with Crippen molar-refractivity contribution in [3.63, 3.8) is 0 Å². The molecule has 1 atom stereocenters. The number of rotatable bonds is 10. The molecule has 0 spiro atoms. The van der Waals surface area contributed by atoms with E-state index in [1.807, 2.05) is 12.3 Å². The SMILES string of the molecule is CCCCCCC(C)NC/N=C\C/C=C\N. The monoisotopic (exact) mass is 225 g/mol. The standard InChI is InChI=1S/C13H27N3/c1-3-4-5-6-9-13(2)16-12-15-11-8-7-10-14/h7,10-11,13,16H,3-6,8-9,12,14H2,1-2H3/b10-7-,15-11-. The fraction of sp³-hybridized carbons (Fsp3) is 0.769. The summed E-state index contributed by atoms with van der Waals surface area (Å²) in [4.78, 5) is 4.25. The van der Waals surface area contributed by atoms with Gasteiger partial charge >= 0.3 is 0 Å². The minimum absolute atomic E-state index is 0.569. The number of hydrogen-bond donors (Lipinski definition) is 2. The van der Waals surface area contributed by atoms with Crippen molar-refractivity contribution in [2.75, 3.05) is 6.67 Å². The number of unbranched alkanes of at least 4 members (excludes halogenated alkanes) is 3. The molecule has 0 heterocycles. The molecule has 16 heavy (non-hydrogen) atoms. The van der Waals surface area contributed by atoms with Crippen molar-refractivity contribution in [2.24, 2.45) is 10.7 Å². The van der Waals surface area contributed by atoms with Gasteiger partial charge in [0.2, 0.25) is 0 Å². The largest absolute Gasteiger partial charge is 0.405 e. The molecule has 0 aliphatic rings. The lowest BCUT2D eigenvalue weighted by Gasteiger charge is -2.11. The Balaban J connectivity index is 3.29. The van der Waals surface area contributed by atoms with Gasteiger partial charge in [-0.05, 0) is 19.5 Å². The van der Waals surface area contributed by atoms with Crippen LogP contribution in [-0.4, -0.2) is 18.9 Å². The van der Waals surface area contributed by atoms with Gasteiger partial charge in [-0.2, -0.15) is 0 Å². The predicted molar refractivity (Wildman–Crippen MR) is 72.7 cm³/mol. The summed E-state index contributed by atoms with van der Waals surface area (Å²) < 4.78 is 0. The molecule has 94 valence electrons. The van der Waals surface area contributed by atoms with E-state index in [4.69, 9.17) is 5.73 Å². The molecule has 0 aromatic heterocycles. The Labute approximate surface area is 100 Å². The van der Waals surface area contributed by atoms with E-state index in [0.717, 1.165) is 6.42 Å². The Morgan fingerprint density at radius 2 is 2.12 bits per heavy atom. The molecule has 0 saturated heterocycles. The molecule has 0 aromatic rings. The zero-order chi connectivity index (χ0) is 12.1. The van der Waals surface area contributed by atoms with Crippen LogP contribution in [0.25, 0.3) is 0 Å². The third-order valence-corrected chi connectivity index (χ3v) is 2.53. The van der Waals surface area contributed by atoms with Gasteiger partial charge in [0.15, 0.2) is 0 Å². The molecule has 0 fully saturated rings. The van der Waals surface area contributed by atoms with Crippen molar-refractivity contribution in [2.45, 2.75) is 58.4 Å². The number of nitrogens with zero attached hydrogens (tertiary/aromatic N) is 1. The lowest BCUT2D eigenvalue weighted by molar-refractivity contribution is 0.491. The Bertz CT molecular complexity index is 188. The van der Waals surface area contributed by atoms with E-state index in [0.29, 0.717) is 12.7 Å². The van der Waals surface area contributed by atoms with Crippen LogP contribution in [0.5, 0.6) is 0 Å². The third-order valence-electron chi connectivity index (χ3n) is 2.53. The minimum atomic E-state index is 0.569. The summed E-state index contributed by atoms with van der Waals surface area (Å²) in [6.07, 6.45) is 12.7. The second-order valence-corrected chi connectivity index (χ2v) is 4.14. The van der Waals surface area contributed by atoms with Crippen LogP contribution in [0.3, 0.4) is 0 Å². The summed E-state index contributed by atoms with van der Waals surface area (Å²) in [5.41, 5.74) is 5.21. The minimum Gasteiger partial charge on any atom is -0.405 e. The number of aliphatic imine (C=N–C) groups is 1. The Morgan fingerprint density at radius 1 is 1.31 bits per heavy atom. The quantitative estimate of drug-likeness (QED) is 0.444. The van der Waals surface area contributed by atoms with Crippen molar-refractivity contribution in [3.8, 4) is 0 Å². The molecule has 0 saturated carbocycles. The highest BCUT2D eigenvalue weighted by Crippen LogP contribution is 2.04. The van der Waals surface area contributed by atoms with Crippen LogP contribution in [0.1, 0.15) is 52.4 Å². The summed E-state index contributed by atoms with van der Waals surface area (Å²) in [7, 11) is 0. The zero-order valence-electron chi connectivity index (χ0n) is 10.8. The van der Waals surface area contributed by atoms with Crippen molar-refractivity contribution in [1.29, 1.82) is 0 Å². The first-order chi connectivity index (χ1) is 7.81. The van der Waals surface area contributed by atoms with E-state index in [1.165, 1.54) is 32.1 Å². The maximum Gasteiger partial charge on any atom is 0.0882 e. The fourth-order valence-electron chi connectivity index (χ4n) is 1.47. The molecule has 3 heteroatoms. The topological polar surface area (TPSA) is 50.4 Å². The van der Waals surface area contributed by atoms with Gasteiger partial charge in [-0.1, -0.05) is 38.7 Å². The fourth-order valence-corrected chi connectivity index (χ4v) is 1.47. The lowest BCUT2D eigenvalue weighted by Crippen LogP contribution is -2.25. The average molecular weight is 225 g/mol. The zero-order valence-corrected chi connectivity index (χ0v) is 10.8. The molecule has 0 aliphatic carbocycles. The van der Waals surface area contributed by atoms with Gasteiger partial charge in [-0.15, -0.1) is 0 Å². The first-order valence-electron chi connectivity index (χ1n) is 6.39. The predicted octanol–water partition coefficient (Wildman–Crippen LogP) is 2.83. The number of hydrogen-bond acceptors (Lipinski definition) is 3. The normalized spacial score (nSPS) is 13.9. The second kappa shape index (κ2) is 12.2. The van der Waals surface area contributed by atoms with Crippen molar-refractivity contribution >= 4 is 6.21 Å². The summed E-state index contributed by atoms with van der Waals surface area (Å²) in [6, 6.07) is 0.569. The summed E-state index contributed by atoms with van der Waals surface area (Å²) in [5, 5.41) is 3.38. The summed E-state index contributed by atoms with van der Waals surface area (Å²) in [6.45, 7) is 5.18. The van der Waals surface area contributed by atoms with Crippen molar-refractivity contribution in [3.05, 3.63) is 12.3 Å². The van der Waals surface area contributed by atoms with Gasteiger partial charge in [0.25, 0.3) is 0 Å². The third kappa shape index (κ3) is 11.2. The molecule has 0 aromatic carbocycles.